The van der Waals surface area contributed by atoms with Gasteiger partial charge in [-0.05, 0) is 25.0 Å². The quantitative estimate of drug-likeness (QED) is 0.624. The largest absolute Gasteiger partial charge is 0.312 e. The number of hydrogen-bond donors (Lipinski definition) is 0. The number of hydrogen-bond acceptors (Lipinski definition) is 1. The third-order valence-electron chi connectivity index (χ3n) is 3.14. The van der Waals surface area contributed by atoms with Gasteiger partial charge in [-0.1, -0.05) is 44.4 Å². The normalized spacial score (nSPS) is 10.4. The number of nitrogens with zero attached hydrogens (tertiary/aromatic N) is 1. The molecular weight excluding hydrogens is 238 g/mol. The van der Waals surface area contributed by atoms with Crippen molar-refractivity contribution in [3.63, 3.8) is 0 Å². The Kier molecular flexibility index (Phi) is 7.91. The van der Waals surface area contributed by atoms with Crippen molar-refractivity contribution in [2.24, 2.45) is 0 Å². The molecule has 3 nitrogen and oxygen atoms in total. The second-order valence-corrected chi connectivity index (χ2v) is 4.75. The van der Waals surface area contributed by atoms with Crippen molar-refractivity contribution in [2.75, 3.05) is 18.1 Å². The Labute approximate surface area is 116 Å². The summed E-state index contributed by atoms with van der Waals surface area (Å²) in [6.45, 7) is 2.55. The van der Waals surface area contributed by atoms with Gasteiger partial charge in [-0.15, -0.1) is 0 Å². The van der Waals surface area contributed by atoms with Gasteiger partial charge >= 0.3 is 0 Å². The summed E-state index contributed by atoms with van der Waals surface area (Å²) in [5.74, 6) is 0.135. The molecule has 19 heavy (non-hydrogen) atoms. The van der Waals surface area contributed by atoms with E-state index in [0.717, 1.165) is 18.5 Å². The first-order chi connectivity index (χ1) is 9.29. The number of amides is 1. The molecule has 0 saturated carbocycles. The molecule has 0 spiro atoms. The molecular formula is C16H24NO2. The summed E-state index contributed by atoms with van der Waals surface area (Å²) in [4.78, 5) is 14.0. The summed E-state index contributed by atoms with van der Waals surface area (Å²) in [5, 5.41) is 10.6. The van der Waals surface area contributed by atoms with E-state index < -0.39 is 0 Å². The maximum absolute atomic E-state index is 12.2. The van der Waals surface area contributed by atoms with Crippen LogP contribution in [-0.4, -0.2) is 19.1 Å². The summed E-state index contributed by atoms with van der Waals surface area (Å²) in [6, 6.07) is 9.62. The SMILES string of the molecule is CCCCCCC(=O)N(CCC[O])c1ccccc1. The van der Waals surface area contributed by atoms with Crippen LogP contribution in [0.5, 0.6) is 0 Å². The summed E-state index contributed by atoms with van der Waals surface area (Å²) < 4.78 is 0. The fraction of sp³-hybridized carbons (Fsp3) is 0.562. The molecule has 105 valence electrons. The molecule has 1 rings (SSSR count). The van der Waals surface area contributed by atoms with Crippen molar-refractivity contribution in [3.05, 3.63) is 30.3 Å². The van der Waals surface area contributed by atoms with Crippen molar-refractivity contribution in [1.82, 2.24) is 0 Å². The molecule has 0 fully saturated rings. The van der Waals surface area contributed by atoms with E-state index in [1.54, 1.807) is 4.90 Å². The van der Waals surface area contributed by atoms with Gasteiger partial charge in [0, 0.05) is 18.7 Å². The Balaban J connectivity index is 2.55. The van der Waals surface area contributed by atoms with Crippen LogP contribution in [0.3, 0.4) is 0 Å². The van der Waals surface area contributed by atoms with Crippen LogP contribution in [0.2, 0.25) is 0 Å². The molecule has 0 N–H and O–H groups in total. The molecule has 0 aliphatic carbocycles. The Morgan fingerprint density at radius 2 is 1.79 bits per heavy atom. The molecule has 0 aliphatic rings. The fourth-order valence-electron chi connectivity index (χ4n) is 2.07. The number of benzene rings is 1. The van der Waals surface area contributed by atoms with Crippen LogP contribution in [0.4, 0.5) is 5.69 Å². The first kappa shape index (κ1) is 15.7. The average molecular weight is 262 g/mol. The second-order valence-electron chi connectivity index (χ2n) is 4.75. The minimum atomic E-state index is -0.132. The lowest BCUT2D eigenvalue weighted by Crippen LogP contribution is -2.32. The van der Waals surface area contributed by atoms with Gasteiger partial charge in [-0.25, -0.2) is 5.11 Å². The number of carbonyl (C=O) groups is 1. The fourth-order valence-corrected chi connectivity index (χ4v) is 2.07. The van der Waals surface area contributed by atoms with Crippen molar-refractivity contribution < 1.29 is 9.90 Å². The molecule has 0 saturated heterocycles. The highest BCUT2D eigenvalue weighted by Crippen LogP contribution is 2.16. The minimum Gasteiger partial charge on any atom is -0.312 e. The monoisotopic (exact) mass is 262 g/mol. The molecule has 3 heteroatoms. The van der Waals surface area contributed by atoms with E-state index in [1.807, 2.05) is 30.3 Å². The summed E-state index contributed by atoms with van der Waals surface area (Å²) in [7, 11) is 0. The molecule has 0 unspecified atom stereocenters. The summed E-state index contributed by atoms with van der Waals surface area (Å²) in [6.07, 6.45) is 5.48. The van der Waals surface area contributed by atoms with Crippen LogP contribution in [0.25, 0.3) is 0 Å². The minimum absolute atomic E-state index is 0.132. The highest BCUT2D eigenvalue weighted by molar-refractivity contribution is 5.93. The molecule has 1 aromatic carbocycles. The highest BCUT2D eigenvalue weighted by atomic mass is 16.3. The Hall–Kier alpha value is -1.35. The van der Waals surface area contributed by atoms with Crippen LogP contribution in [0.15, 0.2) is 30.3 Å². The van der Waals surface area contributed by atoms with Gasteiger partial charge in [0.1, 0.15) is 0 Å². The van der Waals surface area contributed by atoms with E-state index in [2.05, 4.69) is 6.92 Å². The lowest BCUT2D eigenvalue weighted by molar-refractivity contribution is -0.118. The third kappa shape index (κ3) is 5.88. The van der Waals surface area contributed by atoms with Crippen LogP contribution in [-0.2, 0) is 9.90 Å². The zero-order valence-corrected chi connectivity index (χ0v) is 11.8. The van der Waals surface area contributed by atoms with E-state index in [-0.39, 0.29) is 12.5 Å². The zero-order chi connectivity index (χ0) is 13.9. The van der Waals surface area contributed by atoms with Gasteiger partial charge in [0.2, 0.25) is 5.91 Å². The number of carbonyl (C=O) groups excluding carboxylic acids is 1. The molecule has 0 bridgehead atoms. The summed E-state index contributed by atoms with van der Waals surface area (Å²) >= 11 is 0. The van der Waals surface area contributed by atoms with Gasteiger partial charge in [0.05, 0.1) is 6.61 Å². The topological polar surface area (TPSA) is 40.2 Å². The van der Waals surface area contributed by atoms with E-state index in [0.29, 0.717) is 19.4 Å². The van der Waals surface area contributed by atoms with Gasteiger partial charge in [0.15, 0.2) is 0 Å². The second kappa shape index (κ2) is 9.56. The molecule has 0 aromatic heterocycles. The van der Waals surface area contributed by atoms with Gasteiger partial charge in [0.25, 0.3) is 0 Å². The number of anilines is 1. The van der Waals surface area contributed by atoms with Crippen molar-refractivity contribution in [2.45, 2.75) is 45.4 Å². The standard InChI is InChI=1S/C16H24NO2/c1-2-3-4-8-12-16(19)17(13-9-14-18)15-10-6-5-7-11-15/h5-7,10-11H,2-4,8-9,12-14H2,1H3. The van der Waals surface area contributed by atoms with Crippen LogP contribution >= 0.6 is 0 Å². The molecule has 1 aromatic rings. The van der Waals surface area contributed by atoms with Crippen LogP contribution in [0.1, 0.15) is 45.4 Å². The third-order valence-corrected chi connectivity index (χ3v) is 3.14. The number of para-hydroxylation sites is 1. The first-order valence-electron chi connectivity index (χ1n) is 7.23. The van der Waals surface area contributed by atoms with Gasteiger partial charge in [-0.3, -0.25) is 4.79 Å². The molecule has 0 aliphatic heterocycles. The Morgan fingerprint density at radius 3 is 2.42 bits per heavy atom. The zero-order valence-electron chi connectivity index (χ0n) is 11.8. The first-order valence-corrected chi connectivity index (χ1v) is 7.23. The van der Waals surface area contributed by atoms with Crippen LogP contribution in [0, 0.1) is 0 Å². The molecule has 0 heterocycles. The number of rotatable bonds is 9. The molecule has 1 radical (unpaired) electrons. The lowest BCUT2D eigenvalue weighted by atomic mass is 10.1. The van der Waals surface area contributed by atoms with Crippen molar-refractivity contribution >= 4 is 11.6 Å². The predicted octanol–water partition coefficient (Wildman–Crippen LogP) is 3.81. The number of unbranched alkanes of at least 4 members (excludes halogenated alkanes) is 3. The maximum Gasteiger partial charge on any atom is 0.226 e. The lowest BCUT2D eigenvalue weighted by Gasteiger charge is -2.22. The van der Waals surface area contributed by atoms with E-state index in [1.165, 1.54) is 12.8 Å². The smallest absolute Gasteiger partial charge is 0.226 e. The van der Waals surface area contributed by atoms with E-state index in [9.17, 15) is 9.90 Å². The van der Waals surface area contributed by atoms with E-state index in [4.69, 9.17) is 0 Å². The Morgan fingerprint density at radius 1 is 1.05 bits per heavy atom. The summed E-state index contributed by atoms with van der Waals surface area (Å²) in [5.41, 5.74) is 0.899. The van der Waals surface area contributed by atoms with Gasteiger partial charge in [-0.2, -0.15) is 0 Å². The van der Waals surface area contributed by atoms with Crippen LogP contribution < -0.4 is 4.90 Å². The van der Waals surface area contributed by atoms with Gasteiger partial charge < -0.3 is 4.90 Å². The van der Waals surface area contributed by atoms with Crippen molar-refractivity contribution in [3.8, 4) is 0 Å². The predicted molar refractivity (Wildman–Crippen MR) is 77.7 cm³/mol. The highest BCUT2D eigenvalue weighted by Gasteiger charge is 2.14. The molecule has 0 atom stereocenters. The molecule has 1 amide bonds. The van der Waals surface area contributed by atoms with E-state index >= 15 is 0 Å². The average Bonchev–Trinajstić information content (AvgIpc) is 2.45. The van der Waals surface area contributed by atoms with Crippen molar-refractivity contribution in [1.29, 1.82) is 0 Å². The Bertz CT molecular complexity index is 351. The maximum atomic E-state index is 12.2.